The maximum absolute atomic E-state index is 10.5. The van der Waals surface area contributed by atoms with Gasteiger partial charge in [0.2, 0.25) is 0 Å². The molecule has 0 bridgehead atoms. The van der Waals surface area contributed by atoms with Gasteiger partial charge in [-0.25, -0.2) is 4.79 Å². The Kier molecular flexibility index (Phi) is 1.34. The summed E-state index contributed by atoms with van der Waals surface area (Å²) in [6, 6.07) is -0.174. The summed E-state index contributed by atoms with van der Waals surface area (Å²) in [5.74, 6) is 0. The number of carbonyl (C=O) groups is 1. The Hall–Kier alpha value is -0.770. The van der Waals surface area contributed by atoms with Gasteiger partial charge < -0.3 is 15.3 Å². The monoisotopic (exact) mass is 116 g/mol. The Morgan fingerprint density at radius 2 is 2.38 bits per heavy atom. The summed E-state index contributed by atoms with van der Waals surface area (Å²) in [7, 11) is 0. The van der Waals surface area contributed by atoms with Crippen LogP contribution in [0.2, 0.25) is 0 Å². The van der Waals surface area contributed by atoms with Gasteiger partial charge in [-0.1, -0.05) is 0 Å². The van der Waals surface area contributed by atoms with Crippen molar-refractivity contribution in [1.29, 1.82) is 0 Å². The van der Waals surface area contributed by atoms with Gasteiger partial charge in [0.05, 0.1) is 0 Å². The minimum absolute atomic E-state index is 0.174. The van der Waals surface area contributed by atoms with Gasteiger partial charge in [0.15, 0.2) is 0 Å². The first kappa shape index (κ1) is 5.37. The number of amides is 2. The van der Waals surface area contributed by atoms with Gasteiger partial charge in [0.25, 0.3) is 0 Å². The summed E-state index contributed by atoms with van der Waals surface area (Å²) in [5.41, 5.74) is 0. The molecule has 0 aliphatic carbocycles. The third-order valence-corrected chi connectivity index (χ3v) is 0.965. The third-order valence-electron chi connectivity index (χ3n) is 0.965. The maximum atomic E-state index is 10.5. The quantitative estimate of drug-likeness (QED) is 0.339. The molecule has 0 unspecified atom stereocenters. The smallest absolute Gasteiger partial charge is 0.319 e. The Morgan fingerprint density at radius 1 is 1.75 bits per heavy atom. The highest BCUT2D eigenvalue weighted by molar-refractivity contribution is 5.75. The van der Waals surface area contributed by atoms with E-state index in [1.165, 1.54) is 0 Å². The van der Waals surface area contributed by atoms with Crippen molar-refractivity contribution < 1.29 is 9.90 Å². The third kappa shape index (κ3) is 1.10. The Morgan fingerprint density at radius 3 is 2.75 bits per heavy atom. The van der Waals surface area contributed by atoms with Crippen LogP contribution in [0.1, 0.15) is 0 Å². The van der Waals surface area contributed by atoms with E-state index >= 15 is 0 Å². The SMILES string of the molecule is O=C(NCO)N1CC1. The second-order valence-corrected chi connectivity index (χ2v) is 1.63. The van der Waals surface area contributed by atoms with Crippen LogP contribution in [0.4, 0.5) is 4.79 Å². The molecule has 46 valence electrons. The zero-order valence-electron chi connectivity index (χ0n) is 4.42. The van der Waals surface area contributed by atoms with Crippen molar-refractivity contribution in [3.8, 4) is 0 Å². The maximum Gasteiger partial charge on any atom is 0.319 e. The number of hydrogen-bond donors (Lipinski definition) is 2. The van der Waals surface area contributed by atoms with Gasteiger partial charge in [0.1, 0.15) is 6.73 Å². The molecule has 1 saturated heterocycles. The molecule has 1 rings (SSSR count). The highest BCUT2D eigenvalue weighted by Crippen LogP contribution is 2.01. The van der Waals surface area contributed by atoms with E-state index in [4.69, 9.17) is 5.11 Å². The molecule has 1 aliphatic rings. The van der Waals surface area contributed by atoms with Crippen LogP contribution in [0.3, 0.4) is 0 Å². The number of hydrogen-bond acceptors (Lipinski definition) is 2. The molecule has 0 aromatic rings. The standard InChI is InChI=1S/C4H8N2O2/c7-3-5-4(8)6-1-2-6/h7H,1-3H2,(H,5,8). The molecular weight excluding hydrogens is 108 g/mol. The van der Waals surface area contributed by atoms with Crippen LogP contribution in [-0.2, 0) is 0 Å². The molecule has 0 radical (unpaired) electrons. The van der Waals surface area contributed by atoms with Crippen LogP contribution in [0, 0.1) is 0 Å². The first-order chi connectivity index (χ1) is 3.84. The summed E-state index contributed by atoms with van der Waals surface area (Å²) in [6.07, 6.45) is 0. The molecule has 0 aromatic carbocycles. The average molecular weight is 116 g/mol. The van der Waals surface area contributed by atoms with Crippen LogP contribution in [0.15, 0.2) is 0 Å². The fraction of sp³-hybridized carbons (Fsp3) is 0.750. The number of aliphatic hydroxyl groups is 1. The van der Waals surface area contributed by atoms with E-state index in [2.05, 4.69) is 5.32 Å². The van der Waals surface area contributed by atoms with Gasteiger partial charge in [-0.05, 0) is 0 Å². The Labute approximate surface area is 47.1 Å². The normalized spacial score (nSPS) is 15.9. The van der Waals surface area contributed by atoms with Crippen molar-refractivity contribution in [3.05, 3.63) is 0 Å². The largest absolute Gasteiger partial charge is 0.376 e. The molecule has 0 aromatic heterocycles. The van der Waals surface area contributed by atoms with Gasteiger partial charge in [-0.15, -0.1) is 0 Å². The Bertz CT molecular complexity index is 100. The second kappa shape index (κ2) is 2.00. The number of nitrogens with zero attached hydrogens (tertiary/aromatic N) is 1. The molecule has 4 nitrogen and oxygen atoms in total. The molecule has 1 heterocycles. The average Bonchev–Trinajstić information content (AvgIpc) is 2.45. The molecule has 0 saturated carbocycles. The van der Waals surface area contributed by atoms with Crippen molar-refractivity contribution >= 4 is 6.03 Å². The van der Waals surface area contributed by atoms with Crippen LogP contribution in [0.5, 0.6) is 0 Å². The number of urea groups is 1. The lowest BCUT2D eigenvalue weighted by Gasteiger charge is -1.98. The fourth-order valence-electron chi connectivity index (χ4n) is 0.433. The highest BCUT2D eigenvalue weighted by atomic mass is 16.3. The lowest BCUT2D eigenvalue weighted by Crippen LogP contribution is -2.28. The van der Waals surface area contributed by atoms with Gasteiger partial charge >= 0.3 is 6.03 Å². The summed E-state index contributed by atoms with van der Waals surface area (Å²) < 4.78 is 0. The molecule has 4 heteroatoms. The minimum atomic E-state index is -0.269. The van der Waals surface area contributed by atoms with Crippen LogP contribution in [-0.4, -0.2) is 35.9 Å². The molecule has 0 spiro atoms. The van der Waals surface area contributed by atoms with E-state index in [9.17, 15) is 4.79 Å². The molecule has 8 heavy (non-hydrogen) atoms. The van der Waals surface area contributed by atoms with Crippen LogP contribution >= 0.6 is 0 Å². The van der Waals surface area contributed by atoms with Crippen molar-refractivity contribution in [2.45, 2.75) is 0 Å². The zero-order chi connectivity index (χ0) is 5.98. The number of nitrogens with one attached hydrogen (secondary N) is 1. The fourth-order valence-corrected chi connectivity index (χ4v) is 0.433. The molecule has 2 N–H and O–H groups in total. The predicted molar refractivity (Wildman–Crippen MR) is 27.2 cm³/mol. The lowest BCUT2D eigenvalue weighted by atomic mass is 10.9. The van der Waals surface area contributed by atoms with Crippen molar-refractivity contribution in [2.75, 3.05) is 19.8 Å². The van der Waals surface area contributed by atoms with E-state index in [-0.39, 0.29) is 12.8 Å². The summed E-state index contributed by atoms with van der Waals surface area (Å²) in [6.45, 7) is 1.38. The molecule has 2 amide bonds. The highest BCUT2D eigenvalue weighted by Gasteiger charge is 2.22. The summed E-state index contributed by atoms with van der Waals surface area (Å²) in [4.78, 5) is 12.1. The summed E-state index contributed by atoms with van der Waals surface area (Å²) in [5, 5.41) is 10.4. The van der Waals surface area contributed by atoms with Crippen molar-refractivity contribution in [3.63, 3.8) is 0 Å². The van der Waals surface area contributed by atoms with Gasteiger partial charge in [0, 0.05) is 13.1 Å². The van der Waals surface area contributed by atoms with Crippen LogP contribution in [0.25, 0.3) is 0 Å². The van der Waals surface area contributed by atoms with Crippen molar-refractivity contribution in [1.82, 2.24) is 10.2 Å². The van der Waals surface area contributed by atoms with E-state index < -0.39 is 0 Å². The summed E-state index contributed by atoms with van der Waals surface area (Å²) >= 11 is 0. The number of carbonyl (C=O) groups excluding carboxylic acids is 1. The van der Waals surface area contributed by atoms with E-state index in [1.807, 2.05) is 0 Å². The van der Waals surface area contributed by atoms with E-state index in [0.717, 1.165) is 13.1 Å². The number of aliphatic hydroxyl groups excluding tert-OH is 1. The minimum Gasteiger partial charge on any atom is -0.376 e. The van der Waals surface area contributed by atoms with Crippen molar-refractivity contribution in [2.24, 2.45) is 0 Å². The van der Waals surface area contributed by atoms with Gasteiger partial charge in [-0.3, -0.25) is 0 Å². The van der Waals surface area contributed by atoms with E-state index in [1.54, 1.807) is 4.90 Å². The van der Waals surface area contributed by atoms with E-state index in [0.29, 0.717) is 0 Å². The lowest BCUT2D eigenvalue weighted by molar-refractivity contribution is 0.207. The first-order valence-corrected chi connectivity index (χ1v) is 2.48. The molecule has 1 aliphatic heterocycles. The predicted octanol–water partition coefficient (Wildman–Crippen LogP) is -1.04. The first-order valence-electron chi connectivity index (χ1n) is 2.48. The number of rotatable bonds is 1. The zero-order valence-corrected chi connectivity index (χ0v) is 4.42. The molecule has 1 fully saturated rings. The topological polar surface area (TPSA) is 52.3 Å². The second-order valence-electron chi connectivity index (χ2n) is 1.63. The Balaban J connectivity index is 2.13. The van der Waals surface area contributed by atoms with Crippen LogP contribution < -0.4 is 5.32 Å². The molecular formula is C4H8N2O2. The van der Waals surface area contributed by atoms with Gasteiger partial charge in [-0.2, -0.15) is 0 Å². The molecule has 0 atom stereocenters.